The number of ether oxygens (including phenoxy) is 1. The van der Waals surface area contributed by atoms with Gasteiger partial charge in [0.1, 0.15) is 12.4 Å². The minimum absolute atomic E-state index is 0. The summed E-state index contributed by atoms with van der Waals surface area (Å²) < 4.78 is 5.75. The van der Waals surface area contributed by atoms with E-state index in [2.05, 4.69) is 39.7 Å². The van der Waals surface area contributed by atoms with Crippen molar-refractivity contribution in [2.75, 3.05) is 38.6 Å². The van der Waals surface area contributed by atoms with Gasteiger partial charge in [-0.15, -0.1) is 24.0 Å². The van der Waals surface area contributed by atoms with Crippen molar-refractivity contribution < 1.29 is 9.53 Å². The Balaban J connectivity index is 0.00000392. The normalized spacial score (nSPS) is 15.7. The Morgan fingerprint density at radius 3 is 2.64 bits per heavy atom. The Morgan fingerprint density at radius 1 is 1.32 bits per heavy atom. The monoisotopic (exact) mass is 503 g/mol. The average molecular weight is 503 g/mol. The highest BCUT2D eigenvalue weighted by atomic mass is 127. The standard InChI is InChI=1S/C20H33N5O2.HI/c1-15(2)25-11-8-17(9-12-25)24-20(21-4)22-10-13-27-19-7-5-6-18(14-19)23-16(3)26;/h5-7,14-15,17H,8-13H2,1-4H3,(H,23,26)(H2,21,22,24);1H. The zero-order chi connectivity index (χ0) is 19.6. The lowest BCUT2D eigenvalue weighted by atomic mass is 10.0. The second-order valence-corrected chi connectivity index (χ2v) is 7.10. The fourth-order valence-corrected chi connectivity index (χ4v) is 3.15. The number of halogens is 1. The zero-order valence-corrected chi connectivity index (χ0v) is 19.7. The Bertz CT molecular complexity index is 631. The topological polar surface area (TPSA) is 78.0 Å². The molecule has 1 heterocycles. The predicted octanol–water partition coefficient (Wildman–Crippen LogP) is 2.68. The fourth-order valence-electron chi connectivity index (χ4n) is 3.15. The van der Waals surface area contributed by atoms with Gasteiger partial charge in [0.2, 0.25) is 5.91 Å². The molecule has 0 unspecified atom stereocenters. The van der Waals surface area contributed by atoms with Crippen molar-refractivity contribution in [3.8, 4) is 5.75 Å². The molecule has 1 aromatic rings. The first kappa shape index (κ1) is 24.5. The second-order valence-electron chi connectivity index (χ2n) is 7.10. The number of nitrogens with zero attached hydrogens (tertiary/aromatic N) is 2. The van der Waals surface area contributed by atoms with Crippen molar-refractivity contribution >= 4 is 41.5 Å². The van der Waals surface area contributed by atoms with E-state index in [0.29, 0.717) is 25.2 Å². The highest BCUT2D eigenvalue weighted by molar-refractivity contribution is 14.0. The highest BCUT2D eigenvalue weighted by Gasteiger charge is 2.21. The molecule has 3 N–H and O–H groups in total. The molecule has 158 valence electrons. The number of piperidine rings is 1. The number of likely N-dealkylation sites (tertiary alicyclic amines) is 1. The van der Waals surface area contributed by atoms with E-state index in [-0.39, 0.29) is 29.9 Å². The van der Waals surface area contributed by atoms with Gasteiger partial charge in [-0.2, -0.15) is 0 Å². The number of hydrogen-bond acceptors (Lipinski definition) is 4. The van der Waals surface area contributed by atoms with Crippen LogP contribution in [0.4, 0.5) is 5.69 Å². The number of hydrogen-bond donors (Lipinski definition) is 3. The first-order chi connectivity index (χ1) is 13.0. The number of aliphatic imine (C=N–C) groups is 1. The van der Waals surface area contributed by atoms with Crippen LogP contribution in [0.25, 0.3) is 0 Å². The van der Waals surface area contributed by atoms with Gasteiger partial charge in [0.25, 0.3) is 0 Å². The van der Waals surface area contributed by atoms with Crippen LogP contribution in [-0.4, -0.2) is 62.1 Å². The average Bonchev–Trinajstić information content (AvgIpc) is 2.64. The van der Waals surface area contributed by atoms with Crippen LogP contribution in [0.15, 0.2) is 29.3 Å². The van der Waals surface area contributed by atoms with Crippen molar-refractivity contribution in [3.63, 3.8) is 0 Å². The van der Waals surface area contributed by atoms with Crippen LogP contribution in [0.5, 0.6) is 5.75 Å². The molecule has 1 aliphatic rings. The van der Waals surface area contributed by atoms with Crippen LogP contribution < -0.4 is 20.7 Å². The number of amides is 1. The molecule has 0 spiro atoms. The lowest BCUT2D eigenvalue weighted by Crippen LogP contribution is -2.50. The molecule has 0 aromatic heterocycles. The Morgan fingerprint density at radius 2 is 2.04 bits per heavy atom. The van der Waals surface area contributed by atoms with E-state index in [0.717, 1.165) is 43.3 Å². The smallest absolute Gasteiger partial charge is 0.221 e. The fraction of sp³-hybridized carbons (Fsp3) is 0.600. The van der Waals surface area contributed by atoms with E-state index < -0.39 is 0 Å². The van der Waals surface area contributed by atoms with E-state index in [9.17, 15) is 4.79 Å². The van der Waals surface area contributed by atoms with Crippen molar-refractivity contribution in [3.05, 3.63) is 24.3 Å². The van der Waals surface area contributed by atoms with Crippen molar-refractivity contribution in [2.45, 2.75) is 45.7 Å². The number of anilines is 1. The summed E-state index contributed by atoms with van der Waals surface area (Å²) in [6, 6.07) is 8.46. The molecule has 0 aliphatic carbocycles. The summed E-state index contributed by atoms with van der Waals surface area (Å²) in [5.74, 6) is 1.45. The van der Waals surface area contributed by atoms with Gasteiger partial charge < -0.3 is 25.6 Å². The van der Waals surface area contributed by atoms with Crippen LogP contribution in [0.3, 0.4) is 0 Å². The SMILES string of the molecule is CN=C(NCCOc1cccc(NC(C)=O)c1)NC1CCN(C(C)C)CC1.I. The molecule has 1 fully saturated rings. The molecule has 28 heavy (non-hydrogen) atoms. The van der Waals surface area contributed by atoms with E-state index >= 15 is 0 Å². The lowest BCUT2D eigenvalue weighted by Gasteiger charge is -2.35. The highest BCUT2D eigenvalue weighted by Crippen LogP contribution is 2.17. The van der Waals surface area contributed by atoms with Gasteiger partial charge in [0, 0.05) is 50.9 Å². The summed E-state index contributed by atoms with van der Waals surface area (Å²) in [7, 11) is 1.79. The van der Waals surface area contributed by atoms with Crippen LogP contribution in [-0.2, 0) is 4.79 Å². The van der Waals surface area contributed by atoms with Gasteiger partial charge >= 0.3 is 0 Å². The first-order valence-electron chi connectivity index (χ1n) is 9.69. The van der Waals surface area contributed by atoms with E-state index in [1.807, 2.05) is 24.3 Å². The summed E-state index contributed by atoms with van der Waals surface area (Å²) in [6.45, 7) is 9.40. The maximum Gasteiger partial charge on any atom is 0.221 e. The van der Waals surface area contributed by atoms with E-state index in [4.69, 9.17) is 4.74 Å². The molecular formula is C20H34IN5O2. The zero-order valence-electron chi connectivity index (χ0n) is 17.3. The van der Waals surface area contributed by atoms with Crippen LogP contribution in [0.2, 0.25) is 0 Å². The van der Waals surface area contributed by atoms with Gasteiger partial charge in [-0.3, -0.25) is 9.79 Å². The lowest BCUT2D eigenvalue weighted by molar-refractivity contribution is -0.114. The minimum Gasteiger partial charge on any atom is -0.492 e. The summed E-state index contributed by atoms with van der Waals surface area (Å²) >= 11 is 0. The van der Waals surface area contributed by atoms with Gasteiger partial charge in [0.15, 0.2) is 5.96 Å². The van der Waals surface area contributed by atoms with Gasteiger partial charge in [-0.1, -0.05) is 6.07 Å². The summed E-state index contributed by atoms with van der Waals surface area (Å²) in [5, 5.41) is 9.55. The van der Waals surface area contributed by atoms with Gasteiger partial charge in [0.05, 0.1) is 6.54 Å². The van der Waals surface area contributed by atoms with Crippen LogP contribution >= 0.6 is 24.0 Å². The molecule has 0 bridgehead atoms. The third-order valence-electron chi connectivity index (χ3n) is 4.64. The van der Waals surface area contributed by atoms with E-state index in [1.54, 1.807) is 7.05 Å². The Labute approximate surface area is 185 Å². The molecule has 0 saturated carbocycles. The Kier molecular flexibility index (Phi) is 11.2. The quantitative estimate of drug-likeness (QED) is 0.231. The number of nitrogens with one attached hydrogen (secondary N) is 3. The third kappa shape index (κ3) is 8.64. The molecule has 1 aromatic carbocycles. The number of benzene rings is 1. The molecule has 1 amide bonds. The summed E-state index contributed by atoms with van der Waals surface area (Å²) in [6.07, 6.45) is 2.26. The summed E-state index contributed by atoms with van der Waals surface area (Å²) in [5.41, 5.74) is 0.734. The molecule has 1 aliphatic heterocycles. The molecule has 0 radical (unpaired) electrons. The summed E-state index contributed by atoms with van der Waals surface area (Å²) in [4.78, 5) is 17.9. The number of rotatable bonds is 7. The number of guanidine groups is 1. The molecular weight excluding hydrogens is 469 g/mol. The molecule has 8 heteroatoms. The number of carbonyl (C=O) groups is 1. The molecule has 0 atom stereocenters. The molecule has 7 nitrogen and oxygen atoms in total. The van der Waals surface area contributed by atoms with Crippen LogP contribution in [0.1, 0.15) is 33.6 Å². The first-order valence-corrected chi connectivity index (χ1v) is 9.69. The molecule has 2 rings (SSSR count). The van der Waals surface area contributed by atoms with Crippen LogP contribution in [0, 0.1) is 0 Å². The minimum atomic E-state index is -0.0945. The van der Waals surface area contributed by atoms with Crippen molar-refractivity contribution in [1.82, 2.24) is 15.5 Å². The third-order valence-corrected chi connectivity index (χ3v) is 4.64. The Hall–Kier alpha value is -1.55. The second kappa shape index (κ2) is 12.8. The largest absolute Gasteiger partial charge is 0.492 e. The maximum atomic E-state index is 11.1. The number of carbonyl (C=O) groups excluding carboxylic acids is 1. The van der Waals surface area contributed by atoms with E-state index in [1.165, 1.54) is 6.92 Å². The van der Waals surface area contributed by atoms with Crippen molar-refractivity contribution in [2.24, 2.45) is 4.99 Å². The van der Waals surface area contributed by atoms with Crippen molar-refractivity contribution in [1.29, 1.82) is 0 Å². The molecule has 1 saturated heterocycles. The maximum absolute atomic E-state index is 11.1. The van der Waals surface area contributed by atoms with Gasteiger partial charge in [-0.25, -0.2) is 0 Å². The van der Waals surface area contributed by atoms with Gasteiger partial charge in [-0.05, 0) is 38.8 Å². The predicted molar refractivity (Wildman–Crippen MR) is 126 cm³/mol.